The van der Waals surface area contributed by atoms with Gasteiger partial charge in [0, 0.05) is 18.7 Å². The van der Waals surface area contributed by atoms with Crippen LogP contribution in [0.25, 0.3) is 11.3 Å². The van der Waals surface area contributed by atoms with Gasteiger partial charge < -0.3 is 4.74 Å². The third kappa shape index (κ3) is 2.39. The van der Waals surface area contributed by atoms with E-state index in [2.05, 4.69) is 31.1 Å². The Morgan fingerprint density at radius 1 is 1.30 bits per heavy atom. The Labute approximate surface area is 119 Å². The minimum absolute atomic E-state index is 0.368. The van der Waals surface area contributed by atoms with Crippen molar-refractivity contribution in [3.8, 4) is 23.1 Å². The molecule has 0 spiro atoms. The van der Waals surface area contributed by atoms with Crippen molar-refractivity contribution in [3.63, 3.8) is 0 Å². The molecule has 0 fully saturated rings. The molecule has 2 rings (SSSR count). The lowest BCUT2D eigenvalue weighted by atomic mass is 9.95. The highest BCUT2D eigenvalue weighted by molar-refractivity contribution is 5.68. The normalized spacial score (nSPS) is 10.7. The van der Waals surface area contributed by atoms with Gasteiger partial charge in [0.15, 0.2) is 5.69 Å². The molecule has 1 aromatic heterocycles. The van der Waals surface area contributed by atoms with E-state index in [9.17, 15) is 0 Å². The summed E-state index contributed by atoms with van der Waals surface area (Å²) < 4.78 is 7.21. The quantitative estimate of drug-likeness (QED) is 0.858. The second-order valence-electron chi connectivity index (χ2n) is 5.21. The number of hydrogen-bond acceptors (Lipinski definition) is 3. The molecule has 104 valence electrons. The number of aromatic nitrogens is 2. The van der Waals surface area contributed by atoms with Crippen LogP contribution in [0.4, 0.5) is 0 Å². The first kappa shape index (κ1) is 14.1. The predicted octanol–water partition coefficient (Wildman–Crippen LogP) is 3.40. The summed E-state index contributed by atoms with van der Waals surface area (Å²) in [6, 6.07) is 8.08. The van der Waals surface area contributed by atoms with Gasteiger partial charge in [-0.25, -0.2) is 0 Å². The first-order valence-electron chi connectivity index (χ1n) is 6.61. The standard InChI is InChI=1S/C16H19N3O/c1-10(2)13-8-14(11(3)6-16(13)20-5)15-7-12(9-17)18-19(15)4/h6-8,10H,1-5H3. The summed E-state index contributed by atoms with van der Waals surface area (Å²) in [5.74, 6) is 1.27. The molecule has 0 aliphatic carbocycles. The van der Waals surface area contributed by atoms with Crippen LogP contribution in [0.2, 0.25) is 0 Å². The Bertz CT molecular complexity index is 678. The third-order valence-corrected chi connectivity index (χ3v) is 3.47. The lowest BCUT2D eigenvalue weighted by Crippen LogP contribution is -2.00. The molecule has 20 heavy (non-hydrogen) atoms. The van der Waals surface area contributed by atoms with Gasteiger partial charge in [-0.05, 0) is 36.1 Å². The van der Waals surface area contributed by atoms with E-state index in [0.29, 0.717) is 11.6 Å². The van der Waals surface area contributed by atoms with E-state index in [0.717, 1.165) is 28.1 Å². The van der Waals surface area contributed by atoms with E-state index in [1.807, 2.05) is 26.1 Å². The lowest BCUT2D eigenvalue weighted by molar-refractivity contribution is 0.407. The molecule has 4 nitrogen and oxygen atoms in total. The van der Waals surface area contributed by atoms with Crippen molar-refractivity contribution in [2.75, 3.05) is 7.11 Å². The maximum Gasteiger partial charge on any atom is 0.163 e. The minimum atomic E-state index is 0.368. The maximum absolute atomic E-state index is 8.97. The first-order chi connectivity index (χ1) is 9.47. The van der Waals surface area contributed by atoms with E-state index in [4.69, 9.17) is 10.00 Å². The molecule has 0 amide bonds. The van der Waals surface area contributed by atoms with Crippen LogP contribution in [0.3, 0.4) is 0 Å². The molecular formula is C16H19N3O. The number of hydrogen-bond donors (Lipinski definition) is 0. The molecule has 0 radical (unpaired) electrons. The molecule has 2 aromatic rings. The fraction of sp³-hybridized carbons (Fsp3) is 0.375. The largest absolute Gasteiger partial charge is 0.496 e. The molecule has 0 unspecified atom stereocenters. The molecule has 1 heterocycles. The van der Waals surface area contributed by atoms with E-state index in [1.54, 1.807) is 11.8 Å². The van der Waals surface area contributed by atoms with Gasteiger partial charge in [-0.1, -0.05) is 13.8 Å². The zero-order valence-electron chi connectivity index (χ0n) is 12.6. The van der Waals surface area contributed by atoms with Gasteiger partial charge in [0.05, 0.1) is 12.8 Å². The molecule has 0 aliphatic heterocycles. The molecule has 0 aliphatic rings. The molecule has 4 heteroatoms. The average molecular weight is 269 g/mol. The molecular weight excluding hydrogens is 250 g/mol. The summed E-state index contributed by atoms with van der Waals surface area (Å²) in [4.78, 5) is 0. The van der Waals surface area contributed by atoms with Crippen LogP contribution in [0.15, 0.2) is 18.2 Å². The van der Waals surface area contributed by atoms with Gasteiger partial charge in [-0.3, -0.25) is 4.68 Å². The zero-order valence-corrected chi connectivity index (χ0v) is 12.6. The highest BCUT2D eigenvalue weighted by Crippen LogP contribution is 2.34. The fourth-order valence-electron chi connectivity index (χ4n) is 2.38. The van der Waals surface area contributed by atoms with Crippen LogP contribution in [-0.4, -0.2) is 16.9 Å². The van der Waals surface area contributed by atoms with Crippen LogP contribution < -0.4 is 4.74 Å². The SMILES string of the molecule is COc1cc(C)c(-c2cc(C#N)nn2C)cc1C(C)C. The second kappa shape index (κ2) is 5.38. The summed E-state index contributed by atoms with van der Waals surface area (Å²) >= 11 is 0. The monoisotopic (exact) mass is 269 g/mol. The van der Waals surface area contributed by atoms with Gasteiger partial charge in [0.25, 0.3) is 0 Å². The number of ether oxygens (including phenoxy) is 1. The first-order valence-corrected chi connectivity index (χ1v) is 6.61. The Balaban J connectivity index is 2.65. The third-order valence-electron chi connectivity index (χ3n) is 3.47. The van der Waals surface area contributed by atoms with E-state index in [-0.39, 0.29) is 0 Å². The van der Waals surface area contributed by atoms with Crippen molar-refractivity contribution in [2.45, 2.75) is 26.7 Å². The summed E-state index contributed by atoms with van der Waals surface area (Å²) in [5.41, 5.74) is 4.74. The van der Waals surface area contributed by atoms with Crippen LogP contribution in [-0.2, 0) is 7.05 Å². The summed E-state index contributed by atoms with van der Waals surface area (Å²) in [7, 11) is 3.55. The minimum Gasteiger partial charge on any atom is -0.496 e. The lowest BCUT2D eigenvalue weighted by Gasteiger charge is -2.16. The van der Waals surface area contributed by atoms with Gasteiger partial charge in [0.1, 0.15) is 11.8 Å². The molecule has 0 bridgehead atoms. The van der Waals surface area contributed by atoms with Gasteiger partial charge >= 0.3 is 0 Å². The topological polar surface area (TPSA) is 50.8 Å². The summed E-state index contributed by atoms with van der Waals surface area (Å²) in [6.45, 7) is 6.32. The summed E-state index contributed by atoms with van der Waals surface area (Å²) in [6.07, 6.45) is 0. The summed E-state index contributed by atoms with van der Waals surface area (Å²) in [5, 5.41) is 13.2. The maximum atomic E-state index is 8.97. The van der Waals surface area contributed by atoms with E-state index in [1.165, 1.54) is 0 Å². The molecule has 1 aromatic carbocycles. The number of aryl methyl sites for hydroxylation is 2. The van der Waals surface area contributed by atoms with Crippen molar-refractivity contribution < 1.29 is 4.74 Å². The van der Waals surface area contributed by atoms with Crippen molar-refractivity contribution in [2.24, 2.45) is 7.05 Å². The predicted molar refractivity (Wildman–Crippen MR) is 78.7 cm³/mol. The highest BCUT2D eigenvalue weighted by Gasteiger charge is 2.15. The van der Waals surface area contributed by atoms with Crippen molar-refractivity contribution in [1.82, 2.24) is 9.78 Å². The smallest absolute Gasteiger partial charge is 0.163 e. The van der Waals surface area contributed by atoms with Crippen LogP contribution in [0.1, 0.15) is 36.6 Å². The Hall–Kier alpha value is -2.28. The molecule has 0 atom stereocenters. The Morgan fingerprint density at radius 2 is 2.00 bits per heavy atom. The molecule has 0 N–H and O–H groups in total. The zero-order chi connectivity index (χ0) is 14.9. The van der Waals surface area contributed by atoms with E-state index < -0.39 is 0 Å². The number of methoxy groups -OCH3 is 1. The number of nitrogens with zero attached hydrogens (tertiary/aromatic N) is 3. The van der Waals surface area contributed by atoms with Crippen LogP contribution >= 0.6 is 0 Å². The van der Waals surface area contributed by atoms with Crippen LogP contribution in [0, 0.1) is 18.3 Å². The number of benzene rings is 1. The van der Waals surface area contributed by atoms with Gasteiger partial charge in [0.2, 0.25) is 0 Å². The highest BCUT2D eigenvalue weighted by atomic mass is 16.5. The fourth-order valence-corrected chi connectivity index (χ4v) is 2.38. The van der Waals surface area contributed by atoms with Crippen LogP contribution in [0.5, 0.6) is 5.75 Å². The average Bonchev–Trinajstić information content (AvgIpc) is 2.79. The van der Waals surface area contributed by atoms with Gasteiger partial charge in [-0.2, -0.15) is 10.4 Å². The van der Waals surface area contributed by atoms with E-state index >= 15 is 0 Å². The second-order valence-corrected chi connectivity index (χ2v) is 5.21. The number of nitriles is 1. The Kier molecular flexibility index (Phi) is 3.80. The number of rotatable bonds is 3. The van der Waals surface area contributed by atoms with Gasteiger partial charge in [-0.15, -0.1) is 0 Å². The van der Waals surface area contributed by atoms with Crippen molar-refractivity contribution in [3.05, 3.63) is 35.0 Å². The molecule has 0 saturated carbocycles. The Morgan fingerprint density at radius 3 is 2.50 bits per heavy atom. The van der Waals surface area contributed by atoms with Crippen molar-refractivity contribution >= 4 is 0 Å². The van der Waals surface area contributed by atoms with Crippen molar-refractivity contribution in [1.29, 1.82) is 5.26 Å². The molecule has 0 saturated heterocycles.